The molecular formula is C16H26N2O2. The van der Waals surface area contributed by atoms with Gasteiger partial charge in [-0.15, -0.1) is 0 Å². The van der Waals surface area contributed by atoms with Crippen LogP contribution in [0.3, 0.4) is 0 Å². The Morgan fingerprint density at radius 3 is 2.25 bits per heavy atom. The number of rotatable bonds is 6. The van der Waals surface area contributed by atoms with Gasteiger partial charge < -0.3 is 15.4 Å². The molecule has 1 atom stereocenters. The number of hydrogen-bond acceptors (Lipinski definition) is 3. The van der Waals surface area contributed by atoms with Crippen molar-refractivity contribution in [3.8, 4) is 0 Å². The van der Waals surface area contributed by atoms with Gasteiger partial charge in [0, 0.05) is 25.4 Å². The number of nitrogens with two attached hydrogens (primary N) is 1. The molecule has 0 aromatic heterocycles. The average Bonchev–Trinajstić information content (AvgIpc) is 2.46. The molecule has 0 radical (unpaired) electrons. The Labute approximate surface area is 121 Å². The van der Waals surface area contributed by atoms with Crippen LogP contribution in [0.25, 0.3) is 0 Å². The van der Waals surface area contributed by atoms with E-state index in [2.05, 4.69) is 0 Å². The molecule has 0 aliphatic rings. The van der Waals surface area contributed by atoms with Gasteiger partial charge in [-0.2, -0.15) is 0 Å². The van der Waals surface area contributed by atoms with Crippen molar-refractivity contribution in [2.75, 3.05) is 12.0 Å². The predicted molar refractivity (Wildman–Crippen MR) is 82.7 cm³/mol. The summed E-state index contributed by atoms with van der Waals surface area (Å²) in [6, 6.07) is 7.84. The van der Waals surface area contributed by atoms with Gasteiger partial charge in [0.15, 0.2) is 0 Å². The van der Waals surface area contributed by atoms with E-state index in [9.17, 15) is 4.79 Å². The highest BCUT2D eigenvalue weighted by Gasteiger charge is 2.36. The van der Waals surface area contributed by atoms with Crippen molar-refractivity contribution in [1.82, 2.24) is 0 Å². The molecule has 0 saturated carbocycles. The summed E-state index contributed by atoms with van der Waals surface area (Å²) in [6.07, 6.45) is 0.631. The van der Waals surface area contributed by atoms with Crippen LogP contribution in [0.15, 0.2) is 24.3 Å². The van der Waals surface area contributed by atoms with E-state index in [1.54, 1.807) is 12.0 Å². The number of carbonyl (C=O) groups excluding carboxylic acids is 1. The standard InChI is InChI=1S/C16H26N2O2/c1-6-16(4,20-5)15(19)18(12(2)3)14-9-7-13(11-17)8-10-14/h7-10,12H,6,11,17H2,1-5H3. The number of anilines is 1. The third kappa shape index (κ3) is 3.38. The minimum absolute atomic E-state index is 0.0157. The van der Waals surface area contributed by atoms with Crippen molar-refractivity contribution < 1.29 is 9.53 Å². The first-order chi connectivity index (χ1) is 9.39. The van der Waals surface area contributed by atoms with Crippen molar-refractivity contribution >= 4 is 11.6 Å². The highest BCUT2D eigenvalue weighted by atomic mass is 16.5. The van der Waals surface area contributed by atoms with Gasteiger partial charge >= 0.3 is 0 Å². The fourth-order valence-electron chi connectivity index (χ4n) is 2.08. The highest BCUT2D eigenvalue weighted by Crippen LogP contribution is 2.25. The Kier molecular flexibility index (Phi) is 5.72. The van der Waals surface area contributed by atoms with E-state index in [-0.39, 0.29) is 11.9 Å². The molecule has 1 aromatic carbocycles. The van der Waals surface area contributed by atoms with Crippen LogP contribution in [0.2, 0.25) is 0 Å². The summed E-state index contributed by atoms with van der Waals surface area (Å²) in [5.74, 6) is -0.0157. The first-order valence-electron chi connectivity index (χ1n) is 7.07. The largest absolute Gasteiger partial charge is 0.369 e. The third-order valence-electron chi connectivity index (χ3n) is 3.76. The minimum atomic E-state index is -0.795. The van der Waals surface area contributed by atoms with Crippen molar-refractivity contribution in [3.63, 3.8) is 0 Å². The van der Waals surface area contributed by atoms with Crippen molar-refractivity contribution in [2.45, 2.75) is 52.3 Å². The Morgan fingerprint density at radius 1 is 1.35 bits per heavy atom. The van der Waals surface area contributed by atoms with Gasteiger partial charge in [0.25, 0.3) is 5.91 Å². The lowest BCUT2D eigenvalue weighted by molar-refractivity contribution is -0.139. The Bertz CT molecular complexity index is 436. The number of carbonyl (C=O) groups is 1. The molecule has 0 saturated heterocycles. The normalized spacial score (nSPS) is 14.2. The van der Waals surface area contributed by atoms with Gasteiger partial charge in [0.2, 0.25) is 0 Å². The SMILES string of the molecule is CCC(C)(OC)C(=O)N(c1ccc(CN)cc1)C(C)C. The van der Waals surface area contributed by atoms with Crippen LogP contribution in [0, 0.1) is 0 Å². The zero-order chi connectivity index (χ0) is 15.3. The Morgan fingerprint density at radius 2 is 1.90 bits per heavy atom. The molecule has 4 heteroatoms. The van der Waals surface area contributed by atoms with Gasteiger partial charge in [0.1, 0.15) is 5.60 Å². The highest BCUT2D eigenvalue weighted by molar-refractivity contribution is 5.99. The Balaban J connectivity index is 3.13. The summed E-state index contributed by atoms with van der Waals surface area (Å²) in [5, 5.41) is 0. The Hall–Kier alpha value is -1.39. The summed E-state index contributed by atoms with van der Waals surface area (Å²) in [5.41, 5.74) is 6.74. The fraction of sp³-hybridized carbons (Fsp3) is 0.562. The van der Waals surface area contributed by atoms with E-state index in [1.165, 1.54) is 0 Å². The van der Waals surface area contributed by atoms with Crippen molar-refractivity contribution in [1.29, 1.82) is 0 Å². The molecule has 0 bridgehead atoms. The molecule has 1 amide bonds. The minimum Gasteiger partial charge on any atom is -0.369 e. The number of benzene rings is 1. The third-order valence-corrected chi connectivity index (χ3v) is 3.76. The molecule has 20 heavy (non-hydrogen) atoms. The molecule has 0 fully saturated rings. The van der Waals surface area contributed by atoms with E-state index in [0.717, 1.165) is 11.3 Å². The lowest BCUT2D eigenvalue weighted by Crippen LogP contribution is -2.51. The summed E-state index contributed by atoms with van der Waals surface area (Å²) in [6.45, 7) is 8.29. The van der Waals surface area contributed by atoms with Gasteiger partial charge in [-0.05, 0) is 44.9 Å². The molecule has 112 valence electrons. The van der Waals surface area contributed by atoms with E-state index in [0.29, 0.717) is 13.0 Å². The van der Waals surface area contributed by atoms with Crippen LogP contribution >= 0.6 is 0 Å². The molecule has 0 aliphatic carbocycles. The maximum atomic E-state index is 12.8. The number of nitrogens with zero attached hydrogens (tertiary/aromatic N) is 1. The predicted octanol–water partition coefficient (Wildman–Crippen LogP) is 2.70. The summed E-state index contributed by atoms with van der Waals surface area (Å²) < 4.78 is 5.44. The van der Waals surface area contributed by atoms with E-state index in [1.807, 2.05) is 52.0 Å². The first-order valence-corrected chi connectivity index (χ1v) is 7.07. The fourth-order valence-corrected chi connectivity index (χ4v) is 2.08. The maximum absolute atomic E-state index is 12.8. The smallest absolute Gasteiger partial charge is 0.259 e. The van der Waals surface area contributed by atoms with Crippen LogP contribution in [-0.4, -0.2) is 24.7 Å². The summed E-state index contributed by atoms with van der Waals surface area (Å²) in [4.78, 5) is 14.6. The molecule has 0 aliphatic heterocycles. The summed E-state index contributed by atoms with van der Waals surface area (Å²) in [7, 11) is 1.58. The molecule has 1 aromatic rings. The van der Waals surface area contributed by atoms with Crippen LogP contribution < -0.4 is 10.6 Å². The van der Waals surface area contributed by atoms with Gasteiger partial charge in [-0.25, -0.2) is 0 Å². The molecular weight excluding hydrogens is 252 g/mol. The quantitative estimate of drug-likeness (QED) is 0.870. The van der Waals surface area contributed by atoms with Crippen LogP contribution in [0.1, 0.15) is 39.7 Å². The maximum Gasteiger partial charge on any atom is 0.259 e. The summed E-state index contributed by atoms with van der Waals surface area (Å²) >= 11 is 0. The number of ether oxygens (including phenoxy) is 1. The molecule has 1 unspecified atom stereocenters. The van der Waals surface area contributed by atoms with E-state index >= 15 is 0 Å². The van der Waals surface area contributed by atoms with E-state index < -0.39 is 5.60 Å². The lowest BCUT2D eigenvalue weighted by Gasteiger charge is -2.35. The topological polar surface area (TPSA) is 55.6 Å². The second-order valence-corrected chi connectivity index (χ2v) is 5.43. The lowest BCUT2D eigenvalue weighted by atomic mass is 9.99. The second kappa shape index (κ2) is 6.86. The molecule has 2 N–H and O–H groups in total. The number of methoxy groups -OCH3 is 1. The van der Waals surface area contributed by atoms with Crippen LogP contribution in [0.4, 0.5) is 5.69 Å². The molecule has 0 heterocycles. The molecule has 4 nitrogen and oxygen atoms in total. The first kappa shape index (κ1) is 16.7. The van der Waals surface area contributed by atoms with Gasteiger partial charge in [-0.3, -0.25) is 4.79 Å². The molecule has 0 spiro atoms. The average molecular weight is 278 g/mol. The number of hydrogen-bond donors (Lipinski definition) is 1. The van der Waals surface area contributed by atoms with Gasteiger partial charge in [-0.1, -0.05) is 19.1 Å². The molecule has 1 rings (SSSR count). The number of amides is 1. The monoisotopic (exact) mass is 278 g/mol. The van der Waals surface area contributed by atoms with E-state index in [4.69, 9.17) is 10.5 Å². The van der Waals surface area contributed by atoms with Crippen LogP contribution in [0.5, 0.6) is 0 Å². The zero-order valence-corrected chi connectivity index (χ0v) is 13.1. The van der Waals surface area contributed by atoms with Crippen molar-refractivity contribution in [2.24, 2.45) is 5.73 Å². The van der Waals surface area contributed by atoms with Crippen molar-refractivity contribution in [3.05, 3.63) is 29.8 Å². The zero-order valence-electron chi connectivity index (χ0n) is 13.1. The second-order valence-electron chi connectivity index (χ2n) is 5.43. The van der Waals surface area contributed by atoms with Crippen LogP contribution in [-0.2, 0) is 16.1 Å². The van der Waals surface area contributed by atoms with Gasteiger partial charge in [0.05, 0.1) is 0 Å².